The second-order valence-electron chi connectivity index (χ2n) is 2.85. The molecule has 1 aliphatic rings. The number of aliphatic hydroxyl groups is 2. The van der Waals surface area contributed by atoms with Crippen molar-refractivity contribution in [3.8, 4) is 0 Å². The molecule has 0 aromatic heterocycles. The van der Waals surface area contributed by atoms with Gasteiger partial charge in [-0.2, -0.15) is 0 Å². The van der Waals surface area contributed by atoms with E-state index < -0.39 is 30.4 Å². The van der Waals surface area contributed by atoms with E-state index in [4.69, 9.17) is 14.6 Å². The number of aliphatic carboxylic acids is 1. The zero-order valence-corrected chi connectivity index (χ0v) is 7.08. The van der Waals surface area contributed by atoms with Gasteiger partial charge in [0.15, 0.2) is 6.10 Å². The minimum atomic E-state index is -1.34. The third kappa shape index (κ3) is 1.97. The number of ether oxygens (including phenoxy) is 2. The maximum absolute atomic E-state index is 10.5. The van der Waals surface area contributed by atoms with Gasteiger partial charge in [-0.15, -0.1) is 0 Å². The normalized spacial score (nSPS) is 40.2. The number of carboxylic acids is 1. The summed E-state index contributed by atoms with van der Waals surface area (Å²) >= 11 is 0. The van der Waals surface area contributed by atoms with Gasteiger partial charge < -0.3 is 24.8 Å². The third-order valence-electron chi connectivity index (χ3n) is 1.99. The Morgan fingerprint density at radius 3 is 2.62 bits per heavy atom. The van der Waals surface area contributed by atoms with Crippen LogP contribution in [0.5, 0.6) is 0 Å². The van der Waals surface area contributed by atoms with Gasteiger partial charge in [-0.25, -0.2) is 4.79 Å². The molecule has 0 aromatic carbocycles. The molecule has 0 amide bonds. The highest BCUT2D eigenvalue weighted by Crippen LogP contribution is 2.17. The lowest BCUT2D eigenvalue weighted by Crippen LogP contribution is -2.56. The largest absolute Gasteiger partial charge is 0.479 e. The monoisotopic (exact) mass is 192 g/mol. The zero-order valence-electron chi connectivity index (χ0n) is 7.08. The molecule has 0 bridgehead atoms. The van der Waals surface area contributed by atoms with Crippen LogP contribution in [0.15, 0.2) is 0 Å². The summed E-state index contributed by atoms with van der Waals surface area (Å²) in [6.45, 7) is -0.146. The van der Waals surface area contributed by atoms with Gasteiger partial charge in [-0.1, -0.05) is 0 Å². The van der Waals surface area contributed by atoms with Gasteiger partial charge in [-0.05, 0) is 0 Å². The third-order valence-corrected chi connectivity index (χ3v) is 1.99. The standard InChI is InChI=1S/C7H12O6/c1-12-5-3(8)2-13-6(4(5)9)7(10)11/h3-6,8-9H,2H2,1H3,(H,10,11)/t3-,4?,5?,6?/m1/s1. The van der Waals surface area contributed by atoms with Crippen LogP contribution in [-0.2, 0) is 14.3 Å². The van der Waals surface area contributed by atoms with Crippen LogP contribution in [0.1, 0.15) is 0 Å². The van der Waals surface area contributed by atoms with E-state index in [-0.39, 0.29) is 6.61 Å². The summed E-state index contributed by atoms with van der Waals surface area (Å²) in [7, 11) is 1.29. The average Bonchev–Trinajstić information content (AvgIpc) is 2.04. The van der Waals surface area contributed by atoms with Crippen LogP contribution in [0, 0.1) is 0 Å². The lowest BCUT2D eigenvalue weighted by Gasteiger charge is -2.34. The first-order chi connectivity index (χ1) is 6.07. The summed E-state index contributed by atoms with van der Waals surface area (Å²) in [5.74, 6) is -1.26. The van der Waals surface area contributed by atoms with E-state index in [2.05, 4.69) is 0 Å². The fraction of sp³-hybridized carbons (Fsp3) is 0.857. The fourth-order valence-electron chi connectivity index (χ4n) is 1.31. The van der Waals surface area contributed by atoms with Crippen molar-refractivity contribution in [3.05, 3.63) is 0 Å². The highest BCUT2D eigenvalue weighted by molar-refractivity contribution is 5.73. The molecule has 13 heavy (non-hydrogen) atoms. The Kier molecular flexibility index (Phi) is 3.21. The molecule has 0 spiro atoms. The molecule has 1 heterocycles. The number of carbonyl (C=O) groups is 1. The molecule has 6 heteroatoms. The summed E-state index contributed by atoms with van der Waals surface area (Å²) < 4.78 is 9.47. The molecule has 0 aliphatic carbocycles. The van der Waals surface area contributed by atoms with Crippen molar-refractivity contribution in [1.29, 1.82) is 0 Å². The molecular weight excluding hydrogens is 180 g/mol. The summed E-state index contributed by atoms with van der Waals surface area (Å²) in [5, 5.41) is 27.2. The molecule has 3 N–H and O–H groups in total. The molecule has 1 fully saturated rings. The molecule has 6 nitrogen and oxygen atoms in total. The molecule has 1 saturated heterocycles. The Bertz CT molecular complexity index is 193. The molecule has 3 unspecified atom stereocenters. The summed E-state index contributed by atoms with van der Waals surface area (Å²) in [6.07, 6.45) is -4.56. The van der Waals surface area contributed by atoms with E-state index in [1.165, 1.54) is 7.11 Å². The number of rotatable bonds is 2. The van der Waals surface area contributed by atoms with Gasteiger partial charge in [0.1, 0.15) is 18.3 Å². The topological polar surface area (TPSA) is 96.2 Å². The van der Waals surface area contributed by atoms with Crippen LogP contribution in [-0.4, -0.2) is 59.4 Å². The van der Waals surface area contributed by atoms with Gasteiger partial charge in [0, 0.05) is 7.11 Å². The van der Waals surface area contributed by atoms with Gasteiger partial charge >= 0.3 is 5.97 Å². The second-order valence-corrected chi connectivity index (χ2v) is 2.85. The SMILES string of the molecule is COC1C(O)C(C(=O)O)OC[C@H]1O. The highest BCUT2D eigenvalue weighted by Gasteiger charge is 2.42. The first kappa shape index (κ1) is 10.4. The van der Waals surface area contributed by atoms with Gasteiger partial charge in [0.25, 0.3) is 0 Å². The van der Waals surface area contributed by atoms with Crippen LogP contribution in [0.4, 0.5) is 0 Å². The molecule has 4 atom stereocenters. The molecule has 0 radical (unpaired) electrons. The van der Waals surface area contributed by atoms with Crippen LogP contribution >= 0.6 is 0 Å². The Morgan fingerprint density at radius 2 is 2.15 bits per heavy atom. The number of carboxylic acid groups (broad SMARTS) is 1. The molecular formula is C7H12O6. The van der Waals surface area contributed by atoms with E-state index in [0.29, 0.717) is 0 Å². The lowest BCUT2D eigenvalue weighted by atomic mass is 10.00. The number of methoxy groups -OCH3 is 1. The minimum absolute atomic E-state index is 0.146. The number of hydrogen-bond donors (Lipinski definition) is 3. The van der Waals surface area contributed by atoms with Gasteiger partial charge in [0.2, 0.25) is 0 Å². The first-order valence-electron chi connectivity index (χ1n) is 3.81. The minimum Gasteiger partial charge on any atom is -0.479 e. The van der Waals surface area contributed by atoms with Crippen molar-refractivity contribution in [1.82, 2.24) is 0 Å². The zero-order chi connectivity index (χ0) is 10.0. The smallest absolute Gasteiger partial charge is 0.335 e. The molecule has 76 valence electrons. The van der Waals surface area contributed by atoms with E-state index >= 15 is 0 Å². The highest BCUT2D eigenvalue weighted by atomic mass is 16.6. The fourth-order valence-corrected chi connectivity index (χ4v) is 1.31. The van der Waals surface area contributed by atoms with Crippen molar-refractivity contribution in [2.24, 2.45) is 0 Å². The van der Waals surface area contributed by atoms with Crippen molar-refractivity contribution >= 4 is 5.97 Å². The van der Waals surface area contributed by atoms with Crippen LogP contribution in [0.3, 0.4) is 0 Å². The Balaban J connectivity index is 2.69. The quantitative estimate of drug-likeness (QED) is 0.478. The van der Waals surface area contributed by atoms with E-state index in [0.717, 1.165) is 0 Å². The van der Waals surface area contributed by atoms with Crippen molar-refractivity contribution in [3.63, 3.8) is 0 Å². The first-order valence-corrected chi connectivity index (χ1v) is 3.81. The molecule has 0 aromatic rings. The Labute approximate surface area is 74.7 Å². The number of aliphatic hydroxyl groups excluding tert-OH is 2. The van der Waals surface area contributed by atoms with E-state index in [9.17, 15) is 15.0 Å². The average molecular weight is 192 g/mol. The Morgan fingerprint density at radius 1 is 1.54 bits per heavy atom. The summed E-state index contributed by atoms with van der Waals surface area (Å²) in [4.78, 5) is 10.5. The van der Waals surface area contributed by atoms with Gasteiger partial charge in [-0.3, -0.25) is 0 Å². The van der Waals surface area contributed by atoms with E-state index in [1.54, 1.807) is 0 Å². The van der Waals surface area contributed by atoms with Crippen molar-refractivity contribution in [2.75, 3.05) is 13.7 Å². The summed E-state index contributed by atoms with van der Waals surface area (Å²) in [6, 6.07) is 0. The van der Waals surface area contributed by atoms with Crippen LogP contribution < -0.4 is 0 Å². The predicted octanol–water partition coefficient (Wildman–Crippen LogP) is -1.79. The second kappa shape index (κ2) is 4.01. The lowest BCUT2D eigenvalue weighted by molar-refractivity contribution is -0.207. The molecule has 0 saturated carbocycles. The van der Waals surface area contributed by atoms with Crippen molar-refractivity contribution < 1.29 is 29.6 Å². The molecule has 1 rings (SSSR count). The predicted molar refractivity (Wildman–Crippen MR) is 40.2 cm³/mol. The van der Waals surface area contributed by atoms with Crippen LogP contribution in [0.25, 0.3) is 0 Å². The van der Waals surface area contributed by atoms with Crippen molar-refractivity contribution in [2.45, 2.75) is 24.4 Å². The molecule has 1 aliphatic heterocycles. The Hall–Kier alpha value is -0.690. The number of hydrogen-bond acceptors (Lipinski definition) is 5. The maximum atomic E-state index is 10.5. The maximum Gasteiger partial charge on any atom is 0.335 e. The van der Waals surface area contributed by atoms with Crippen LogP contribution in [0.2, 0.25) is 0 Å². The summed E-state index contributed by atoms with van der Waals surface area (Å²) in [5.41, 5.74) is 0. The van der Waals surface area contributed by atoms with E-state index in [1.807, 2.05) is 0 Å². The van der Waals surface area contributed by atoms with Gasteiger partial charge in [0.05, 0.1) is 6.61 Å².